The Labute approximate surface area is 142 Å². The van der Waals surface area contributed by atoms with Gasteiger partial charge in [0.2, 0.25) is 0 Å². The van der Waals surface area contributed by atoms with E-state index in [-0.39, 0.29) is 11.5 Å². The molecule has 0 radical (unpaired) electrons. The predicted molar refractivity (Wildman–Crippen MR) is 102 cm³/mol. The smallest absolute Gasteiger partial charge is 0.124 e. The van der Waals surface area contributed by atoms with Crippen molar-refractivity contribution in [3.8, 4) is 22.6 Å². The number of phenolic OH excluding ortho intramolecular Hbond substituents is 2. The van der Waals surface area contributed by atoms with Crippen LogP contribution in [0.1, 0.15) is 23.6 Å². The van der Waals surface area contributed by atoms with Crippen molar-refractivity contribution in [3.63, 3.8) is 0 Å². The van der Waals surface area contributed by atoms with Gasteiger partial charge in [-0.25, -0.2) is 0 Å². The standard InChI is InChI=1S/C22H20O2/c1-4-6-17-15(5-2)8-11-19(23)21(17)22-18-10-7-14(3)13-16(18)9-12-20(22)24/h4-13,23-24H,2H2,1,3H3/b6-4-. The van der Waals surface area contributed by atoms with E-state index in [1.165, 1.54) is 0 Å². The van der Waals surface area contributed by atoms with Gasteiger partial charge in [-0.1, -0.05) is 60.7 Å². The zero-order valence-corrected chi connectivity index (χ0v) is 13.9. The molecule has 0 spiro atoms. The SMILES string of the molecule is C=Cc1ccc(O)c(-c2c(O)ccc3cc(C)ccc23)c1/C=C\C. The summed E-state index contributed by atoms with van der Waals surface area (Å²) in [5.74, 6) is 0.283. The van der Waals surface area contributed by atoms with Crippen molar-refractivity contribution >= 4 is 22.9 Å². The third-order valence-electron chi connectivity index (χ3n) is 4.21. The third-order valence-corrected chi connectivity index (χ3v) is 4.21. The highest BCUT2D eigenvalue weighted by Crippen LogP contribution is 2.44. The van der Waals surface area contributed by atoms with Crippen LogP contribution in [0, 0.1) is 6.92 Å². The predicted octanol–water partition coefficient (Wildman–Crippen LogP) is 5.90. The Morgan fingerprint density at radius 3 is 2.33 bits per heavy atom. The van der Waals surface area contributed by atoms with E-state index in [0.717, 1.165) is 27.5 Å². The number of aromatic hydroxyl groups is 2. The zero-order valence-electron chi connectivity index (χ0n) is 13.9. The van der Waals surface area contributed by atoms with Crippen LogP contribution in [0.25, 0.3) is 34.1 Å². The quantitative estimate of drug-likeness (QED) is 0.631. The van der Waals surface area contributed by atoms with Gasteiger partial charge in [-0.3, -0.25) is 0 Å². The molecule has 0 bridgehead atoms. The molecule has 2 heteroatoms. The lowest BCUT2D eigenvalue weighted by Gasteiger charge is -2.16. The van der Waals surface area contributed by atoms with Crippen molar-refractivity contribution in [2.24, 2.45) is 0 Å². The van der Waals surface area contributed by atoms with E-state index < -0.39 is 0 Å². The van der Waals surface area contributed by atoms with E-state index in [1.54, 1.807) is 18.2 Å². The number of aryl methyl sites for hydroxylation is 1. The first-order valence-electron chi connectivity index (χ1n) is 7.90. The molecule has 0 saturated heterocycles. The highest BCUT2D eigenvalue weighted by molar-refractivity contribution is 6.03. The van der Waals surface area contributed by atoms with Gasteiger partial charge in [0, 0.05) is 11.1 Å². The molecule has 2 N–H and O–H groups in total. The van der Waals surface area contributed by atoms with Gasteiger partial charge in [0.05, 0.1) is 0 Å². The Bertz CT molecular complexity index is 965. The summed E-state index contributed by atoms with van der Waals surface area (Å²) in [7, 11) is 0. The fourth-order valence-electron chi connectivity index (χ4n) is 3.11. The molecule has 0 atom stereocenters. The molecule has 0 saturated carbocycles. The molecule has 0 aliphatic heterocycles. The van der Waals surface area contributed by atoms with Crippen LogP contribution in [0.3, 0.4) is 0 Å². The summed E-state index contributed by atoms with van der Waals surface area (Å²) >= 11 is 0. The number of allylic oxidation sites excluding steroid dienone is 1. The molecule has 24 heavy (non-hydrogen) atoms. The second-order valence-corrected chi connectivity index (χ2v) is 5.85. The molecule has 0 heterocycles. The topological polar surface area (TPSA) is 40.5 Å². The summed E-state index contributed by atoms with van der Waals surface area (Å²) in [4.78, 5) is 0. The molecule has 120 valence electrons. The third kappa shape index (κ3) is 2.56. The highest BCUT2D eigenvalue weighted by Gasteiger charge is 2.18. The van der Waals surface area contributed by atoms with Crippen LogP contribution in [0.4, 0.5) is 0 Å². The van der Waals surface area contributed by atoms with E-state index in [9.17, 15) is 10.2 Å². The van der Waals surface area contributed by atoms with Gasteiger partial charge in [0.1, 0.15) is 11.5 Å². The first kappa shape index (κ1) is 15.9. The lowest BCUT2D eigenvalue weighted by atomic mass is 9.89. The van der Waals surface area contributed by atoms with E-state index in [1.807, 2.05) is 50.3 Å². The fourth-order valence-corrected chi connectivity index (χ4v) is 3.11. The van der Waals surface area contributed by atoms with Crippen molar-refractivity contribution in [2.75, 3.05) is 0 Å². The molecule has 0 unspecified atom stereocenters. The molecule has 3 aromatic rings. The minimum atomic E-state index is 0.136. The molecule has 0 fully saturated rings. The molecule has 0 amide bonds. The first-order chi connectivity index (χ1) is 11.6. The Hall–Kier alpha value is -3.00. The Morgan fingerprint density at radius 2 is 1.62 bits per heavy atom. The van der Waals surface area contributed by atoms with Gasteiger partial charge >= 0.3 is 0 Å². The maximum atomic E-state index is 10.6. The van der Waals surface area contributed by atoms with Crippen LogP contribution in [0.15, 0.2) is 55.1 Å². The second-order valence-electron chi connectivity index (χ2n) is 5.85. The van der Waals surface area contributed by atoms with Gasteiger partial charge < -0.3 is 10.2 Å². The van der Waals surface area contributed by atoms with Crippen molar-refractivity contribution in [1.82, 2.24) is 0 Å². The van der Waals surface area contributed by atoms with Gasteiger partial charge in [-0.15, -0.1) is 0 Å². The maximum absolute atomic E-state index is 10.6. The molecule has 3 aromatic carbocycles. The lowest BCUT2D eigenvalue weighted by Crippen LogP contribution is -1.91. The van der Waals surface area contributed by atoms with Crippen LogP contribution in [-0.2, 0) is 0 Å². The molecule has 3 rings (SSSR count). The molecule has 0 aliphatic carbocycles. The van der Waals surface area contributed by atoms with Crippen molar-refractivity contribution in [2.45, 2.75) is 13.8 Å². The number of rotatable bonds is 3. The van der Waals surface area contributed by atoms with Crippen molar-refractivity contribution in [3.05, 3.63) is 71.8 Å². The highest BCUT2D eigenvalue weighted by atomic mass is 16.3. The largest absolute Gasteiger partial charge is 0.507 e. The normalized spacial score (nSPS) is 11.2. The first-order valence-corrected chi connectivity index (χ1v) is 7.90. The van der Waals surface area contributed by atoms with Gasteiger partial charge in [0.15, 0.2) is 0 Å². The molecule has 2 nitrogen and oxygen atoms in total. The molecular formula is C22H20O2. The number of hydrogen-bond acceptors (Lipinski definition) is 2. The van der Waals surface area contributed by atoms with Gasteiger partial charge in [0.25, 0.3) is 0 Å². The van der Waals surface area contributed by atoms with E-state index in [4.69, 9.17) is 0 Å². The zero-order chi connectivity index (χ0) is 17.3. The van der Waals surface area contributed by atoms with Crippen LogP contribution in [0.2, 0.25) is 0 Å². The van der Waals surface area contributed by atoms with E-state index in [2.05, 4.69) is 12.6 Å². The minimum Gasteiger partial charge on any atom is -0.507 e. The monoisotopic (exact) mass is 316 g/mol. The number of hydrogen-bond donors (Lipinski definition) is 2. The Kier molecular flexibility index (Phi) is 4.13. The second kappa shape index (κ2) is 6.25. The van der Waals surface area contributed by atoms with E-state index >= 15 is 0 Å². The fraction of sp³-hybridized carbons (Fsp3) is 0.0909. The number of benzene rings is 3. The van der Waals surface area contributed by atoms with Crippen LogP contribution < -0.4 is 0 Å². The minimum absolute atomic E-state index is 0.136. The number of phenols is 2. The van der Waals surface area contributed by atoms with E-state index in [0.29, 0.717) is 11.1 Å². The van der Waals surface area contributed by atoms with Crippen molar-refractivity contribution in [1.29, 1.82) is 0 Å². The summed E-state index contributed by atoms with van der Waals surface area (Å²) in [6.45, 7) is 7.81. The van der Waals surface area contributed by atoms with Crippen LogP contribution in [0.5, 0.6) is 11.5 Å². The average Bonchev–Trinajstić information content (AvgIpc) is 2.57. The summed E-state index contributed by atoms with van der Waals surface area (Å²) in [5, 5.41) is 23.0. The Morgan fingerprint density at radius 1 is 0.917 bits per heavy atom. The van der Waals surface area contributed by atoms with Gasteiger partial charge in [-0.2, -0.15) is 0 Å². The summed E-state index contributed by atoms with van der Waals surface area (Å²) in [5.41, 5.74) is 4.16. The van der Waals surface area contributed by atoms with Crippen LogP contribution in [-0.4, -0.2) is 10.2 Å². The number of fused-ring (bicyclic) bond motifs is 1. The van der Waals surface area contributed by atoms with Gasteiger partial charge in [-0.05, 0) is 47.9 Å². The summed E-state index contributed by atoms with van der Waals surface area (Å²) < 4.78 is 0. The van der Waals surface area contributed by atoms with Crippen LogP contribution >= 0.6 is 0 Å². The molecule has 0 aromatic heterocycles. The molecule has 0 aliphatic rings. The Balaban J connectivity index is 2.48. The summed E-state index contributed by atoms with van der Waals surface area (Å²) in [6.07, 6.45) is 5.60. The molecular weight excluding hydrogens is 296 g/mol. The average molecular weight is 316 g/mol. The van der Waals surface area contributed by atoms with Crippen molar-refractivity contribution < 1.29 is 10.2 Å². The summed E-state index contributed by atoms with van der Waals surface area (Å²) in [6, 6.07) is 13.1. The lowest BCUT2D eigenvalue weighted by molar-refractivity contribution is 0.469. The maximum Gasteiger partial charge on any atom is 0.124 e.